The van der Waals surface area contributed by atoms with Crippen molar-refractivity contribution in [2.24, 2.45) is 0 Å². The van der Waals surface area contributed by atoms with E-state index >= 15 is 0 Å². The van der Waals surface area contributed by atoms with Crippen LogP contribution in [0.2, 0.25) is 0 Å². The van der Waals surface area contributed by atoms with E-state index in [0.717, 1.165) is 16.8 Å². The van der Waals surface area contributed by atoms with Crippen LogP contribution in [0, 0.1) is 13.8 Å². The molecule has 0 saturated carbocycles. The minimum Gasteiger partial charge on any atom is -0.496 e. The van der Waals surface area contributed by atoms with Gasteiger partial charge in [0, 0.05) is 6.20 Å². The van der Waals surface area contributed by atoms with E-state index in [2.05, 4.69) is 20.2 Å². The Kier molecular flexibility index (Phi) is 3.35. The zero-order chi connectivity index (χ0) is 14.8. The maximum absolute atomic E-state index is 5.74. The fourth-order valence-electron chi connectivity index (χ4n) is 2.06. The van der Waals surface area contributed by atoms with Crippen LogP contribution in [0.3, 0.4) is 0 Å². The summed E-state index contributed by atoms with van der Waals surface area (Å²) in [7, 11) is 1.61. The van der Waals surface area contributed by atoms with E-state index in [1.807, 2.05) is 38.1 Å². The van der Waals surface area contributed by atoms with Gasteiger partial charge in [-0.05, 0) is 26.0 Å². The van der Waals surface area contributed by atoms with Crippen LogP contribution in [0.15, 0.2) is 34.9 Å². The third-order valence-electron chi connectivity index (χ3n) is 3.09. The first-order valence-corrected chi connectivity index (χ1v) is 6.46. The van der Waals surface area contributed by atoms with Crippen LogP contribution >= 0.6 is 0 Å². The van der Waals surface area contributed by atoms with Crippen molar-refractivity contribution in [1.82, 2.24) is 20.2 Å². The lowest BCUT2D eigenvalue weighted by Gasteiger charge is -2.03. The molecule has 0 aliphatic heterocycles. The lowest BCUT2D eigenvalue weighted by Crippen LogP contribution is -1.93. The molecule has 0 radical (unpaired) electrons. The quantitative estimate of drug-likeness (QED) is 0.735. The summed E-state index contributed by atoms with van der Waals surface area (Å²) in [6, 6.07) is 7.49. The summed E-state index contributed by atoms with van der Waals surface area (Å²) < 4.78 is 11.0. The Labute approximate surface area is 121 Å². The molecule has 0 amide bonds. The van der Waals surface area contributed by atoms with Gasteiger partial charge in [-0.3, -0.25) is 0 Å². The fraction of sp³-hybridized carbons (Fsp3) is 0.200. The molecule has 0 N–H and O–H groups in total. The molecular formula is C15H14N4O2. The van der Waals surface area contributed by atoms with E-state index in [1.165, 1.54) is 0 Å². The molecule has 6 heteroatoms. The second-order valence-electron chi connectivity index (χ2n) is 4.53. The van der Waals surface area contributed by atoms with Gasteiger partial charge >= 0.3 is 0 Å². The summed E-state index contributed by atoms with van der Waals surface area (Å²) in [6.45, 7) is 3.72. The molecule has 0 aliphatic carbocycles. The molecule has 0 aliphatic rings. The maximum Gasteiger partial charge on any atom is 0.251 e. The minimum absolute atomic E-state index is 0.397. The van der Waals surface area contributed by atoms with Crippen molar-refractivity contribution in [3.8, 4) is 28.7 Å². The first-order valence-electron chi connectivity index (χ1n) is 6.46. The van der Waals surface area contributed by atoms with Crippen LogP contribution in [0.5, 0.6) is 5.75 Å². The smallest absolute Gasteiger partial charge is 0.251 e. The van der Waals surface area contributed by atoms with Crippen molar-refractivity contribution in [3.05, 3.63) is 42.0 Å². The molecule has 0 atom stereocenters. The highest BCUT2D eigenvalue weighted by Crippen LogP contribution is 2.30. The molecule has 0 unspecified atom stereocenters. The number of aromatic nitrogens is 4. The Morgan fingerprint density at radius 2 is 1.71 bits per heavy atom. The molecule has 2 aromatic heterocycles. The van der Waals surface area contributed by atoms with Gasteiger partial charge in [0.15, 0.2) is 0 Å². The summed E-state index contributed by atoms with van der Waals surface area (Å²) in [5.41, 5.74) is 2.29. The van der Waals surface area contributed by atoms with Gasteiger partial charge in [0.2, 0.25) is 0 Å². The van der Waals surface area contributed by atoms with E-state index in [4.69, 9.17) is 9.15 Å². The molecule has 21 heavy (non-hydrogen) atoms. The summed E-state index contributed by atoms with van der Waals surface area (Å²) in [5.74, 6) is 2.20. The van der Waals surface area contributed by atoms with Crippen molar-refractivity contribution in [2.45, 2.75) is 13.8 Å². The number of nitrogens with zero attached hydrogens (tertiary/aromatic N) is 4. The average molecular weight is 282 g/mol. The van der Waals surface area contributed by atoms with Crippen LogP contribution < -0.4 is 4.74 Å². The molecular weight excluding hydrogens is 268 g/mol. The van der Waals surface area contributed by atoms with E-state index in [-0.39, 0.29) is 0 Å². The Morgan fingerprint density at radius 3 is 2.43 bits per heavy atom. The summed E-state index contributed by atoms with van der Waals surface area (Å²) in [6.07, 6.45) is 1.69. The molecule has 6 nitrogen and oxygen atoms in total. The number of hydrogen-bond acceptors (Lipinski definition) is 6. The summed E-state index contributed by atoms with van der Waals surface area (Å²) >= 11 is 0. The minimum atomic E-state index is 0.397. The maximum atomic E-state index is 5.74. The van der Waals surface area contributed by atoms with Crippen molar-refractivity contribution in [1.29, 1.82) is 0 Å². The largest absolute Gasteiger partial charge is 0.496 e. The number of aryl methyl sites for hydroxylation is 2. The highest BCUT2D eigenvalue weighted by Gasteiger charge is 2.16. The van der Waals surface area contributed by atoms with Gasteiger partial charge in [-0.15, -0.1) is 10.2 Å². The van der Waals surface area contributed by atoms with Crippen molar-refractivity contribution >= 4 is 0 Å². The standard InChI is InChI=1S/C15H14N4O2/c1-9-12(8-16-10(2)17-9)15-19-18-14(21-15)11-6-4-5-7-13(11)20-3/h4-8H,1-3H3. The zero-order valence-corrected chi connectivity index (χ0v) is 12.0. The predicted molar refractivity (Wildman–Crippen MR) is 76.8 cm³/mol. The fourth-order valence-corrected chi connectivity index (χ4v) is 2.06. The monoisotopic (exact) mass is 282 g/mol. The van der Waals surface area contributed by atoms with Gasteiger partial charge < -0.3 is 9.15 Å². The molecule has 0 saturated heterocycles. The number of benzene rings is 1. The highest BCUT2D eigenvalue weighted by atomic mass is 16.5. The van der Waals surface area contributed by atoms with Crippen LogP contribution in [0.4, 0.5) is 0 Å². The second-order valence-corrected chi connectivity index (χ2v) is 4.53. The Balaban J connectivity index is 2.04. The van der Waals surface area contributed by atoms with Crippen LogP contribution in [0.25, 0.3) is 22.9 Å². The van der Waals surface area contributed by atoms with Gasteiger partial charge in [-0.1, -0.05) is 12.1 Å². The molecule has 106 valence electrons. The third kappa shape index (κ3) is 2.47. The van der Waals surface area contributed by atoms with Crippen LogP contribution in [0.1, 0.15) is 11.5 Å². The molecule has 3 rings (SSSR count). The Bertz CT molecular complexity index is 783. The first kappa shape index (κ1) is 13.2. The SMILES string of the molecule is COc1ccccc1-c1nnc(-c2cnc(C)nc2C)o1. The number of ether oxygens (including phenoxy) is 1. The van der Waals surface area contributed by atoms with Gasteiger partial charge in [0.05, 0.1) is 23.9 Å². The zero-order valence-electron chi connectivity index (χ0n) is 12.0. The highest BCUT2D eigenvalue weighted by molar-refractivity contribution is 5.64. The lowest BCUT2D eigenvalue weighted by molar-refractivity contribution is 0.414. The molecule has 0 bridgehead atoms. The van der Waals surface area contributed by atoms with Gasteiger partial charge in [0.1, 0.15) is 11.6 Å². The van der Waals surface area contributed by atoms with Crippen LogP contribution in [-0.4, -0.2) is 27.3 Å². The Hall–Kier alpha value is -2.76. The van der Waals surface area contributed by atoms with Crippen LogP contribution in [-0.2, 0) is 0 Å². The lowest BCUT2D eigenvalue weighted by atomic mass is 10.2. The number of hydrogen-bond donors (Lipinski definition) is 0. The third-order valence-corrected chi connectivity index (χ3v) is 3.09. The second kappa shape index (κ2) is 5.32. The van der Waals surface area contributed by atoms with Crippen molar-refractivity contribution in [3.63, 3.8) is 0 Å². The summed E-state index contributed by atoms with van der Waals surface area (Å²) in [5, 5.41) is 8.16. The average Bonchev–Trinajstić information content (AvgIpc) is 2.96. The van der Waals surface area contributed by atoms with Gasteiger partial charge in [0.25, 0.3) is 11.8 Å². The van der Waals surface area contributed by atoms with Crippen molar-refractivity contribution in [2.75, 3.05) is 7.11 Å². The van der Waals surface area contributed by atoms with Gasteiger partial charge in [-0.2, -0.15) is 0 Å². The Morgan fingerprint density at radius 1 is 1.00 bits per heavy atom. The van der Waals surface area contributed by atoms with Gasteiger partial charge in [-0.25, -0.2) is 9.97 Å². The first-order chi connectivity index (χ1) is 10.2. The predicted octanol–water partition coefficient (Wildman–Crippen LogP) is 2.82. The van der Waals surface area contributed by atoms with Crippen molar-refractivity contribution < 1.29 is 9.15 Å². The molecule has 2 heterocycles. The molecule has 0 spiro atoms. The number of para-hydroxylation sites is 1. The molecule has 1 aromatic carbocycles. The normalized spacial score (nSPS) is 10.6. The van der Waals surface area contributed by atoms with E-state index in [0.29, 0.717) is 23.4 Å². The number of methoxy groups -OCH3 is 1. The van der Waals surface area contributed by atoms with E-state index in [9.17, 15) is 0 Å². The topological polar surface area (TPSA) is 73.9 Å². The summed E-state index contributed by atoms with van der Waals surface area (Å²) in [4.78, 5) is 8.47. The number of rotatable bonds is 3. The molecule has 0 fully saturated rings. The van der Waals surface area contributed by atoms with E-state index in [1.54, 1.807) is 13.3 Å². The molecule has 3 aromatic rings. The van der Waals surface area contributed by atoms with E-state index < -0.39 is 0 Å².